The molecule has 198 valence electrons. The zero-order chi connectivity index (χ0) is 25.9. The third-order valence-corrected chi connectivity index (χ3v) is 5.84. The van der Waals surface area contributed by atoms with Crippen LogP contribution in [0.15, 0.2) is 12.2 Å². The lowest BCUT2D eigenvalue weighted by Gasteiger charge is -2.18. The number of rotatable bonds is 20. The van der Waals surface area contributed by atoms with Gasteiger partial charge in [-0.1, -0.05) is 70.4 Å². The molecule has 1 saturated heterocycles. The highest BCUT2D eigenvalue weighted by Gasteiger charge is 2.36. The van der Waals surface area contributed by atoms with E-state index in [0.29, 0.717) is 11.5 Å². The third-order valence-electron chi connectivity index (χ3n) is 5.84. The molecule has 1 rings (SSSR count). The first-order valence-electron chi connectivity index (χ1n) is 13.3. The van der Waals surface area contributed by atoms with Gasteiger partial charge in [0.05, 0.1) is 6.42 Å². The van der Waals surface area contributed by atoms with Gasteiger partial charge in [-0.2, -0.15) is 0 Å². The molecule has 1 atom stereocenters. The fourth-order valence-electron chi connectivity index (χ4n) is 3.80. The van der Waals surface area contributed by atoms with Crippen molar-refractivity contribution in [2.45, 2.75) is 129 Å². The Hall–Kier alpha value is -2.51. The van der Waals surface area contributed by atoms with Crippen molar-refractivity contribution in [1.29, 1.82) is 0 Å². The molecule has 0 aromatic heterocycles. The SMILES string of the molecule is CCCCCCCC/C=C\CCCCCCCC(=O)O[C@@H](CC(C)=O)C(=O)ON1C(=O)CCC1=O. The van der Waals surface area contributed by atoms with Crippen molar-refractivity contribution in [3.8, 4) is 0 Å². The van der Waals surface area contributed by atoms with Crippen molar-refractivity contribution >= 4 is 29.5 Å². The summed E-state index contributed by atoms with van der Waals surface area (Å²) in [6, 6.07) is 0. The number of hydrogen-bond donors (Lipinski definition) is 0. The van der Waals surface area contributed by atoms with Crippen molar-refractivity contribution in [1.82, 2.24) is 5.06 Å². The molecule has 8 nitrogen and oxygen atoms in total. The van der Waals surface area contributed by atoms with Crippen molar-refractivity contribution in [2.75, 3.05) is 0 Å². The lowest BCUT2D eigenvalue weighted by Crippen LogP contribution is -2.39. The molecule has 8 heteroatoms. The number of carbonyl (C=O) groups is 5. The maximum absolute atomic E-state index is 12.3. The smallest absolute Gasteiger partial charge is 0.373 e. The van der Waals surface area contributed by atoms with Crippen LogP contribution in [0.4, 0.5) is 0 Å². The van der Waals surface area contributed by atoms with Crippen LogP contribution in [0.1, 0.15) is 123 Å². The first kappa shape index (κ1) is 30.5. The summed E-state index contributed by atoms with van der Waals surface area (Å²) in [6.45, 7) is 3.49. The normalized spacial score (nSPS) is 14.5. The van der Waals surface area contributed by atoms with Gasteiger partial charge in [-0.15, -0.1) is 5.06 Å². The summed E-state index contributed by atoms with van der Waals surface area (Å²) in [5.41, 5.74) is 0. The van der Waals surface area contributed by atoms with E-state index >= 15 is 0 Å². The number of hydrogen-bond acceptors (Lipinski definition) is 7. The Balaban J connectivity index is 2.15. The monoisotopic (exact) mass is 493 g/mol. The number of amides is 2. The molecule has 0 saturated carbocycles. The number of nitrogens with zero attached hydrogens (tertiary/aromatic N) is 1. The van der Waals surface area contributed by atoms with Crippen molar-refractivity contribution < 1.29 is 33.5 Å². The van der Waals surface area contributed by atoms with Gasteiger partial charge in [0.15, 0.2) is 0 Å². The topological polar surface area (TPSA) is 107 Å². The van der Waals surface area contributed by atoms with Crippen molar-refractivity contribution in [2.24, 2.45) is 0 Å². The molecule has 0 bridgehead atoms. The number of Topliss-reactive ketones (excluding diaryl/α,β-unsaturated/α-hetero) is 1. The van der Waals surface area contributed by atoms with Crippen molar-refractivity contribution in [3.63, 3.8) is 0 Å². The number of esters is 1. The number of unbranched alkanes of at least 4 members (excludes halogenated alkanes) is 11. The molecule has 1 aliphatic heterocycles. The molecule has 0 spiro atoms. The number of imide groups is 1. The van der Waals surface area contributed by atoms with E-state index in [0.717, 1.165) is 38.5 Å². The summed E-state index contributed by atoms with van der Waals surface area (Å²) >= 11 is 0. The summed E-state index contributed by atoms with van der Waals surface area (Å²) < 4.78 is 5.13. The summed E-state index contributed by atoms with van der Waals surface area (Å²) in [4.78, 5) is 63.9. The van der Waals surface area contributed by atoms with Crippen molar-refractivity contribution in [3.05, 3.63) is 12.2 Å². The van der Waals surface area contributed by atoms with Gasteiger partial charge >= 0.3 is 11.9 Å². The first-order chi connectivity index (χ1) is 16.8. The molecule has 1 aliphatic rings. The van der Waals surface area contributed by atoms with E-state index in [-0.39, 0.29) is 31.5 Å². The summed E-state index contributed by atoms with van der Waals surface area (Å²) in [6.07, 6.45) is 17.6. The molecule has 2 amide bonds. The van der Waals surface area contributed by atoms with Gasteiger partial charge in [0, 0.05) is 19.3 Å². The fraction of sp³-hybridized carbons (Fsp3) is 0.741. The minimum atomic E-state index is -1.47. The number of ether oxygens (including phenoxy) is 1. The maximum Gasteiger partial charge on any atom is 0.373 e. The zero-order valence-corrected chi connectivity index (χ0v) is 21.6. The Bertz CT molecular complexity index is 700. The van der Waals surface area contributed by atoms with E-state index in [2.05, 4.69) is 19.1 Å². The van der Waals surface area contributed by atoms with Crippen LogP contribution >= 0.6 is 0 Å². The number of ketones is 1. The van der Waals surface area contributed by atoms with Gasteiger partial charge in [0.25, 0.3) is 11.8 Å². The molecule has 1 fully saturated rings. The lowest BCUT2D eigenvalue weighted by atomic mass is 10.1. The number of carbonyl (C=O) groups excluding carboxylic acids is 5. The highest BCUT2D eigenvalue weighted by atomic mass is 16.7. The Morgan fingerprint density at radius 3 is 1.89 bits per heavy atom. The molecule has 0 unspecified atom stereocenters. The second-order valence-corrected chi connectivity index (χ2v) is 9.21. The maximum atomic E-state index is 12.3. The largest absolute Gasteiger partial charge is 0.450 e. The molecule has 0 N–H and O–H groups in total. The molecular formula is C27H43NO7. The van der Waals surface area contributed by atoms with E-state index < -0.39 is 29.9 Å². The van der Waals surface area contributed by atoms with Crippen LogP contribution in [0, 0.1) is 0 Å². The van der Waals surface area contributed by atoms with Gasteiger partial charge < -0.3 is 9.57 Å². The van der Waals surface area contributed by atoms with Crippen LogP contribution in [0.2, 0.25) is 0 Å². The van der Waals surface area contributed by atoms with Crippen LogP contribution in [0.3, 0.4) is 0 Å². The van der Waals surface area contributed by atoms with E-state index in [1.165, 1.54) is 45.4 Å². The molecule has 0 aromatic rings. The highest BCUT2D eigenvalue weighted by molar-refractivity contribution is 6.02. The third kappa shape index (κ3) is 14.5. The predicted octanol–water partition coefficient (Wildman–Crippen LogP) is 5.52. The van der Waals surface area contributed by atoms with E-state index in [4.69, 9.17) is 9.57 Å². The standard InChI is InChI=1S/C27H43NO7/c1-3-4-5-6-7-8-9-10-11-12-13-14-15-16-17-18-26(32)34-23(21-22(2)29)27(33)35-28-24(30)19-20-25(28)31/h10-11,23H,3-9,12-21H2,1-2H3/b11-10-/t23-/m0/s1. The lowest BCUT2D eigenvalue weighted by molar-refractivity contribution is -0.206. The van der Waals surface area contributed by atoms with E-state index in [1.54, 1.807) is 0 Å². The van der Waals surface area contributed by atoms with Gasteiger partial charge in [-0.25, -0.2) is 4.79 Å². The zero-order valence-electron chi connectivity index (χ0n) is 21.6. The quantitative estimate of drug-likeness (QED) is 0.0951. The summed E-state index contributed by atoms with van der Waals surface area (Å²) in [7, 11) is 0. The van der Waals surface area contributed by atoms with Crippen LogP contribution in [-0.2, 0) is 33.5 Å². The Kier molecular flexibility index (Phi) is 16.4. The fourth-order valence-corrected chi connectivity index (χ4v) is 3.80. The summed E-state index contributed by atoms with van der Waals surface area (Å²) in [5.74, 6) is -3.35. The Morgan fingerprint density at radius 2 is 1.34 bits per heavy atom. The average Bonchev–Trinajstić information content (AvgIpc) is 3.12. The van der Waals surface area contributed by atoms with Gasteiger partial charge in [0.2, 0.25) is 6.10 Å². The first-order valence-corrected chi connectivity index (χ1v) is 13.3. The van der Waals surface area contributed by atoms with Crippen LogP contribution in [0.25, 0.3) is 0 Å². The van der Waals surface area contributed by atoms with Gasteiger partial charge in [-0.05, 0) is 39.0 Å². The van der Waals surface area contributed by atoms with Crippen LogP contribution in [0.5, 0.6) is 0 Å². The van der Waals surface area contributed by atoms with Gasteiger partial charge in [-0.3, -0.25) is 19.2 Å². The second-order valence-electron chi connectivity index (χ2n) is 9.21. The van der Waals surface area contributed by atoms with Crippen LogP contribution < -0.4 is 0 Å². The minimum absolute atomic E-state index is 0.0429. The molecule has 0 aromatic carbocycles. The highest BCUT2D eigenvalue weighted by Crippen LogP contribution is 2.15. The van der Waals surface area contributed by atoms with E-state index in [1.807, 2.05) is 0 Å². The molecule has 1 heterocycles. The molecular weight excluding hydrogens is 450 g/mol. The molecule has 35 heavy (non-hydrogen) atoms. The second kappa shape index (κ2) is 18.8. The minimum Gasteiger partial charge on any atom is -0.450 e. The van der Waals surface area contributed by atoms with Gasteiger partial charge in [0.1, 0.15) is 5.78 Å². The average molecular weight is 494 g/mol. The molecule has 0 radical (unpaired) electrons. The predicted molar refractivity (Wildman–Crippen MR) is 132 cm³/mol. The van der Waals surface area contributed by atoms with E-state index in [9.17, 15) is 24.0 Å². The number of hydroxylamine groups is 2. The Morgan fingerprint density at radius 1 is 0.829 bits per heavy atom. The van der Waals surface area contributed by atoms with Crippen LogP contribution in [-0.4, -0.2) is 40.7 Å². The summed E-state index contributed by atoms with van der Waals surface area (Å²) in [5, 5.41) is 0.382. The Labute approximate surface area is 209 Å². The molecule has 0 aliphatic carbocycles. The number of allylic oxidation sites excluding steroid dienone is 2.